The van der Waals surface area contributed by atoms with Crippen LogP contribution in [-0.4, -0.2) is 12.2 Å². The zero-order chi connectivity index (χ0) is 32.0. The van der Waals surface area contributed by atoms with Crippen LogP contribution in [0.25, 0.3) is 11.1 Å². The summed E-state index contributed by atoms with van der Waals surface area (Å²) in [4.78, 5) is 0. The molecule has 1 aliphatic heterocycles. The molecule has 0 fully saturated rings. The summed E-state index contributed by atoms with van der Waals surface area (Å²) in [6.45, 7) is 4.26. The van der Waals surface area contributed by atoms with Crippen LogP contribution in [-0.2, 0) is 0 Å². The minimum atomic E-state index is -0.935. The van der Waals surface area contributed by atoms with Gasteiger partial charge in [0, 0.05) is 39.0 Å². The molecule has 0 amide bonds. The topological polar surface area (TPSA) is 42.5 Å². The number of anilines is 2. The standard InChI is InChI=1S/C41H38N2O2P2/c1-30-29-31(2)45-39-28-16-26-37(43-47(34-21-11-5-12-22-34)35-23-13-6-14-24-35)41(39)40-36(25-15-27-38(40)44-30)42-46(32-17-7-3-8-18-32)33-19-9-4-10-20-33/h3-28,30-31,42-43H,29H2,1-2H3. The van der Waals surface area contributed by atoms with Crippen molar-refractivity contribution in [3.63, 3.8) is 0 Å². The average Bonchev–Trinajstić information content (AvgIpc) is 3.16. The molecule has 4 nitrogen and oxygen atoms in total. The predicted molar refractivity (Wildman–Crippen MR) is 202 cm³/mol. The molecule has 6 aromatic carbocycles. The van der Waals surface area contributed by atoms with Crippen LogP contribution in [0.15, 0.2) is 158 Å². The van der Waals surface area contributed by atoms with Crippen molar-refractivity contribution < 1.29 is 9.47 Å². The molecule has 2 N–H and O–H groups in total. The molecule has 0 spiro atoms. The molecule has 0 saturated carbocycles. The summed E-state index contributed by atoms with van der Waals surface area (Å²) < 4.78 is 13.5. The maximum atomic E-state index is 6.77. The SMILES string of the molecule is CC1CC(C)Oc2cccc(NP(c3ccccc3)c3ccccc3)c2-c2c(NP(c3ccccc3)c3ccccc3)cccc2O1. The number of ether oxygens (including phenoxy) is 2. The fourth-order valence-corrected chi connectivity index (χ4v) is 9.91. The van der Waals surface area contributed by atoms with Gasteiger partial charge in [0.2, 0.25) is 0 Å². The van der Waals surface area contributed by atoms with Gasteiger partial charge in [-0.2, -0.15) is 0 Å². The Kier molecular flexibility index (Phi) is 9.52. The third kappa shape index (κ3) is 7.05. The van der Waals surface area contributed by atoms with Gasteiger partial charge in [-0.15, -0.1) is 0 Å². The molecule has 0 bridgehead atoms. The first-order valence-corrected chi connectivity index (χ1v) is 18.8. The maximum absolute atomic E-state index is 6.77. The number of benzene rings is 6. The second-order valence-corrected chi connectivity index (χ2v) is 15.5. The zero-order valence-electron chi connectivity index (χ0n) is 26.6. The van der Waals surface area contributed by atoms with E-state index in [2.05, 4.69) is 182 Å². The highest BCUT2D eigenvalue weighted by Crippen LogP contribution is 2.51. The van der Waals surface area contributed by atoms with Gasteiger partial charge < -0.3 is 19.6 Å². The normalized spacial score (nSPS) is 15.7. The number of fused-ring (bicyclic) bond motifs is 3. The molecule has 234 valence electrons. The van der Waals surface area contributed by atoms with Crippen LogP contribution in [0.5, 0.6) is 11.5 Å². The Morgan fingerprint density at radius 2 is 0.745 bits per heavy atom. The Bertz CT molecular complexity index is 1690. The monoisotopic (exact) mass is 652 g/mol. The summed E-state index contributed by atoms with van der Waals surface area (Å²) in [6, 6.07) is 55.6. The smallest absolute Gasteiger partial charge is 0.129 e. The van der Waals surface area contributed by atoms with E-state index in [0.717, 1.165) is 40.4 Å². The Hall–Kier alpha value is -4.62. The largest absolute Gasteiger partial charge is 0.490 e. The quantitative estimate of drug-likeness (QED) is 0.161. The van der Waals surface area contributed by atoms with Crippen LogP contribution in [0.4, 0.5) is 11.4 Å². The molecule has 1 aliphatic rings. The zero-order valence-corrected chi connectivity index (χ0v) is 28.4. The van der Waals surface area contributed by atoms with Crippen LogP contribution < -0.4 is 40.9 Å². The van der Waals surface area contributed by atoms with Crippen molar-refractivity contribution in [2.75, 3.05) is 10.2 Å². The van der Waals surface area contributed by atoms with E-state index in [1.807, 2.05) is 0 Å². The fourth-order valence-electron chi connectivity index (χ4n) is 6.06. The van der Waals surface area contributed by atoms with Crippen LogP contribution >= 0.6 is 16.1 Å². The van der Waals surface area contributed by atoms with Gasteiger partial charge >= 0.3 is 0 Å². The molecular weight excluding hydrogens is 614 g/mol. The van der Waals surface area contributed by atoms with Crippen molar-refractivity contribution in [3.8, 4) is 22.6 Å². The van der Waals surface area contributed by atoms with Crippen LogP contribution in [0, 0.1) is 0 Å². The van der Waals surface area contributed by atoms with E-state index in [-0.39, 0.29) is 12.2 Å². The Balaban J connectivity index is 1.42. The molecule has 47 heavy (non-hydrogen) atoms. The summed E-state index contributed by atoms with van der Waals surface area (Å²) >= 11 is 0. The van der Waals surface area contributed by atoms with E-state index in [4.69, 9.17) is 9.47 Å². The first-order valence-electron chi connectivity index (χ1n) is 16.1. The molecule has 0 saturated heterocycles. The number of nitrogens with one attached hydrogen (secondary N) is 2. The van der Waals surface area contributed by atoms with Crippen LogP contribution in [0.3, 0.4) is 0 Å². The lowest BCUT2D eigenvalue weighted by molar-refractivity contribution is 0.134. The molecule has 0 radical (unpaired) electrons. The minimum Gasteiger partial charge on any atom is -0.490 e. The van der Waals surface area contributed by atoms with Crippen molar-refractivity contribution in [2.24, 2.45) is 0 Å². The van der Waals surface area contributed by atoms with Crippen LogP contribution in [0.1, 0.15) is 20.3 Å². The lowest BCUT2D eigenvalue weighted by atomic mass is 9.99. The number of hydrogen-bond donors (Lipinski definition) is 2. The second kappa shape index (κ2) is 14.4. The van der Waals surface area contributed by atoms with Gasteiger partial charge in [-0.3, -0.25) is 0 Å². The summed E-state index contributed by atoms with van der Waals surface area (Å²) in [7, 11) is -1.87. The van der Waals surface area contributed by atoms with E-state index in [0.29, 0.717) is 0 Å². The molecule has 0 aromatic heterocycles. The van der Waals surface area contributed by atoms with Gasteiger partial charge in [-0.05, 0) is 38.1 Å². The number of hydrogen-bond acceptors (Lipinski definition) is 4. The molecule has 2 unspecified atom stereocenters. The molecule has 2 atom stereocenters. The molecule has 6 aromatic rings. The predicted octanol–water partition coefficient (Wildman–Crippen LogP) is 9.21. The Morgan fingerprint density at radius 1 is 0.426 bits per heavy atom. The van der Waals surface area contributed by atoms with Crippen molar-refractivity contribution in [2.45, 2.75) is 32.5 Å². The van der Waals surface area contributed by atoms with E-state index < -0.39 is 16.1 Å². The molecule has 0 aliphatic carbocycles. The van der Waals surface area contributed by atoms with E-state index in [1.54, 1.807) is 0 Å². The third-order valence-corrected chi connectivity index (χ3v) is 12.3. The molecule has 6 heteroatoms. The average molecular weight is 653 g/mol. The lowest BCUT2D eigenvalue weighted by Gasteiger charge is -2.27. The summed E-state index contributed by atoms with van der Waals surface area (Å²) in [6.07, 6.45) is 0.718. The van der Waals surface area contributed by atoms with Crippen molar-refractivity contribution in [1.29, 1.82) is 0 Å². The van der Waals surface area contributed by atoms with E-state index in [9.17, 15) is 0 Å². The summed E-state index contributed by atoms with van der Waals surface area (Å²) in [5.74, 6) is 1.69. The highest BCUT2D eigenvalue weighted by molar-refractivity contribution is 7.74. The Morgan fingerprint density at radius 3 is 1.06 bits per heavy atom. The summed E-state index contributed by atoms with van der Waals surface area (Å²) in [5, 5.41) is 13.0. The maximum Gasteiger partial charge on any atom is 0.129 e. The van der Waals surface area contributed by atoms with Crippen LogP contribution in [0.2, 0.25) is 0 Å². The Labute approximate surface area is 280 Å². The molecule has 7 rings (SSSR count). The van der Waals surface area contributed by atoms with Crippen molar-refractivity contribution in [1.82, 2.24) is 0 Å². The first kappa shape index (κ1) is 31.0. The minimum absolute atomic E-state index is 0.0276. The van der Waals surface area contributed by atoms with Crippen molar-refractivity contribution >= 4 is 48.7 Å². The highest BCUT2D eigenvalue weighted by Gasteiger charge is 2.28. The van der Waals surface area contributed by atoms with Gasteiger partial charge in [0.15, 0.2) is 0 Å². The van der Waals surface area contributed by atoms with Gasteiger partial charge in [-0.25, -0.2) is 0 Å². The van der Waals surface area contributed by atoms with Gasteiger partial charge in [-0.1, -0.05) is 133 Å². The summed E-state index contributed by atoms with van der Waals surface area (Å²) in [5.41, 5.74) is 4.01. The highest BCUT2D eigenvalue weighted by atomic mass is 31.1. The molecular formula is C41H38N2O2P2. The van der Waals surface area contributed by atoms with E-state index >= 15 is 0 Å². The third-order valence-electron chi connectivity index (χ3n) is 8.14. The molecule has 1 heterocycles. The second-order valence-electron chi connectivity index (χ2n) is 11.7. The number of rotatable bonds is 8. The first-order chi connectivity index (χ1) is 23.1. The van der Waals surface area contributed by atoms with Crippen molar-refractivity contribution in [3.05, 3.63) is 158 Å². The fraction of sp³-hybridized carbons (Fsp3) is 0.122. The van der Waals surface area contributed by atoms with E-state index in [1.165, 1.54) is 21.2 Å². The lowest BCUT2D eigenvalue weighted by Crippen LogP contribution is -2.22. The van der Waals surface area contributed by atoms with Gasteiger partial charge in [0.05, 0.1) is 39.5 Å². The van der Waals surface area contributed by atoms with Gasteiger partial charge in [0.25, 0.3) is 0 Å². The van der Waals surface area contributed by atoms with Gasteiger partial charge in [0.1, 0.15) is 11.5 Å².